The van der Waals surface area contributed by atoms with Crippen molar-refractivity contribution < 1.29 is 13.2 Å². The average Bonchev–Trinajstić information content (AvgIpc) is 2.05. The third kappa shape index (κ3) is 1.66. The van der Waals surface area contributed by atoms with Gasteiger partial charge in [0.1, 0.15) is 4.60 Å². The van der Waals surface area contributed by atoms with E-state index in [0.29, 0.717) is 0 Å². The first kappa shape index (κ1) is 10.0. The van der Waals surface area contributed by atoms with Gasteiger partial charge in [0.2, 0.25) is 0 Å². The Morgan fingerprint density at radius 1 is 1.33 bits per heavy atom. The van der Waals surface area contributed by atoms with Crippen LogP contribution in [0.4, 0.5) is 13.2 Å². The molecular weight excluding hydrogens is 305 g/mol. The highest BCUT2D eigenvalue weighted by atomic mass is 79.9. The lowest BCUT2D eigenvalue weighted by Crippen LogP contribution is -2.11. The van der Waals surface area contributed by atoms with Gasteiger partial charge >= 0.3 is 6.18 Å². The lowest BCUT2D eigenvalue weighted by atomic mass is 10.5. The van der Waals surface area contributed by atoms with Crippen LogP contribution < -0.4 is 0 Å². The summed E-state index contributed by atoms with van der Waals surface area (Å²) in [6, 6.07) is 0. The highest BCUT2D eigenvalue weighted by Gasteiger charge is 2.37. The van der Waals surface area contributed by atoms with Crippen LogP contribution in [0.15, 0.2) is 9.34 Å². The van der Waals surface area contributed by atoms with Gasteiger partial charge in [-0.2, -0.15) is 13.2 Å². The molecule has 7 heteroatoms. The molecule has 1 rings (SSSR count). The third-order valence-electron chi connectivity index (χ3n) is 1.27. The van der Waals surface area contributed by atoms with Crippen LogP contribution in [0.2, 0.25) is 0 Å². The molecule has 0 saturated carbocycles. The maximum atomic E-state index is 12.2. The summed E-state index contributed by atoms with van der Waals surface area (Å²) in [6.45, 7) is 0. The molecule has 0 unspecified atom stereocenters. The standard InChI is InChI=1S/C5H3Br2F3N2/c1-12-2(5(8,9)10)3(6)11-4(12)7/h1H3. The fourth-order valence-corrected chi connectivity index (χ4v) is 2.00. The predicted molar refractivity (Wildman–Crippen MR) is 43.6 cm³/mol. The lowest BCUT2D eigenvalue weighted by Gasteiger charge is -2.06. The summed E-state index contributed by atoms with van der Waals surface area (Å²) in [6.07, 6.45) is -4.38. The molecule has 0 aliphatic heterocycles. The monoisotopic (exact) mass is 306 g/mol. The van der Waals surface area contributed by atoms with E-state index in [1.165, 1.54) is 7.05 Å². The first-order chi connectivity index (χ1) is 5.34. The minimum Gasteiger partial charge on any atom is -0.317 e. The van der Waals surface area contributed by atoms with E-state index in [4.69, 9.17) is 0 Å². The van der Waals surface area contributed by atoms with Crippen molar-refractivity contribution >= 4 is 31.9 Å². The fourth-order valence-electron chi connectivity index (χ4n) is 0.747. The van der Waals surface area contributed by atoms with E-state index in [1.54, 1.807) is 0 Å². The molecule has 0 amide bonds. The molecule has 0 aliphatic carbocycles. The zero-order valence-corrected chi connectivity index (χ0v) is 8.96. The quantitative estimate of drug-likeness (QED) is 0.720. The maximum Gasteiger partial charge on any atom is 0.434 e. The van der Waals surface area contributed by atoms with Crippen LogP contribution in [0.5, 0.6) is 0 Å². The molecule has 0 aromatic carbocycles. The zero-order chi connectivity index (χ0) is 9.52. The summed E-state index contributed by atoms with van der Waals surface area (Å²) < 4.78 is 37.5. The zero-order valence-electron chi connectivity index (χ0n) is 5.78. The fraction of sp³-hybridized carbons (Fsp3) is 0.400. The van der Waals surface area contributed by atoms with E-state index in [-0.39, 0.29) is 9.34 Å². The second kappa shape index (κ2) is 3.02. The van der Waals surface area contributed by atoms with Crippen molar-refractivity contribution in [1.29, 1.82) is 0 Å². The van der Waals surface area contributed by atoms with Gasteiger partial charge in [-0.25, -0.2) is 4.98 Å². The van der Waals surface area contributed by atoms with Gasteiger partial charge in [-0.15, -0.1) is 0 Å². The van der Waals surface area contributed by atoms with Crippen molar-refractivity contribution in [2.45, 2.75) is 6.18 Å². The van der Waals surface area contributed by atoms with Crippen molar-refractivity contribution in [2.75, 3.05) is 0 Å². The Morgan fingerprint density at radius 2 is 1.83 bits per heavy atom. The van der Waals surface area contributed by atoms with Gasteiger partial charge in [-0.3, -0.25) is 0 Å². The molecule has 0 bridgehead atoms. The summed E-state index contributed by atoms with van der Waals surface area (Å²) in [4.78, 5) is 3.55. The molecule has 0 aliphatic rings. The van der Waals surface area contributed by atoms with E-state index in [2.05, 4.69) is 36.8 Å². The number of nitrogens with zero attached hydrogens (tertiary/aromatic N) is 2. The number of hydrogen-bond acceptors (Lipinski definition) is 1. The Bertz CT molecular complexity index is 304. The molecule has 0 fully saturated rings. The molecule has 0 atom stereocenters. The molecule has 2 nitrogen and oxygen atoms in total. The van der Waals surface area contributed by atoms with Gasteiger partial charge in [-0.05, 0) is 31.9 Å². The Balaban J connectivity index is 3.32. The molecule has 1 heterocycles. The normalized spacial score (nSPS) is 12.2. The van der Waals surface area contributed by atoms with Crippen molar-refractivity contribution in [1.82, 2.24) is 9.55 Å². The SMILES string of the molecule is Cn1c(Br)nc(Br)c1C(F)(F)F. The maximum absolute atomic E-state index is 12.2. The Morgan fingerprint density at radius 3 is 2.00 bits per heavy atom. The molecular formula is C5H3Br2F3N2. The average molecular weight is 308 g/mol. The molecule has 0 N–H and O–H groups in total. The summed E-state index contributed by atoms with van der Waals surface area (Å²) in [5.41, 5.74) is -0.797. The minimum absolute atomic E-state index is 0.140. The van der Waals surface area contributed by atoms with E-state index in [0.717, 1.165) is 4.57 Å². The van der Waals surface area contributed by atoms with Gasteiger partial charge < -0.3 is 4.57 Å². The smallest absolute Gasteiger partial charge is 0.317 e. The van der Waals surface area contributed by atoms with Crippen LogP contribution in [0.1, 0.15) is 5.69 Å². The highest BCUT2D eigenvalue weighted by molar-refractivity contribution is 9.11. The number of hydrogen-bond donors (Lipinski definition) is 0. The third-order valence-corrected chi connectivity index (χ3v) is 2.53. The molecule has 0 spiro atoms. The van der Waals surface area contributed by atoms with Crippen molar-refractivity contribution in [3.63, 3.8) is 0 Å². The topological polar surface area (TPSA) is 17.8 Å². The van der Waals surface area contributed by atoms with Crippen LogP contribution in [-0.2, 0) is 13.2 Å². The van der Waals surface area contributed by atoms with Crippen LogP contribution >= 0.6 is 31.9 Å². The molecule has 0 saturated heterocycles. The van der Waals surface area contributed by atoms with Crippen molar-refractivity contribution in [3.8, 4) is 0 Å². The van der Waals surface area contributed by atoms with Crippen molar-refractivity contribution in [3.05, 3.63) is 15.0 Å². The Kier molecular flexibility index (Phi) is 2.53. The first-order valence-electron chi connectivity index (χ1n) is 2.79. The van der Waals surface area contributed by atoms with E-state index in [1.807, 2.05) is 0 Å². The van der Waals surface area contributed by atoms with Gasteiger partial charge in [-0.1, -0.05) is 0 Å². The van der Waals surface area contributed by atoms with Gasteiger partial charge in [0, 0.05) is 7.05 Å². The van der Waals surface area contributed by atoms with Crippen LogP contribution in [0, 0.1) is 0 Å². The van der Waals surface area contributed by atoms with E-state index < -0.39 is 11.9 Å². The number of rotatable bonds is 0. The second-order valence-electron chi connectivity index (χ2n) is 2.08. The van der Waals surface area contributed by atoms with E-state index >= 15 is 0 Å². The largest absolute Gasteiger partial charge is 0.434 e. The molecule has 68 valence electrons. The summed E-state index contributed by atoms with van der Waals surface area (Å²) >= 11 is 5.60. The number of aromatic nitrogens is 2. The van der Waals surface area contributed by atoms with Gasteiger partial charge in [0.25, 0.3) is 0 Å². The number of imidazole rings is 1. The number of alkyl halides is 3. The van der Waals surface area contributed by atoms with Gasteiger partial charge in [0.15, 0.2) is 10.4 Å². The van der Waals surface area contributed by atoms with Crippen LogP contribution in [0.25, 0.3) is 0 Å². The summed E-state index contributed by atoms with van der Waals surface area (Å²) in [5.74, 6) is 0. The number of halogens is 5. The minimum atomic E-state index is -4.38. The Hall–Kier alpha value is -0.0400. The molecule has 1 aromatic rings. The second-order valence-corrected chi connectivity index (χ2v) is 3.54. The predicted octanol–water partition coefficient (Wildman–Crippen LogP) is 2.96. The van der Waals surface area contributed by atoms with Crippen LogP contribution in [0.3, 0.4) is 0 Å². The molecule has 0 radical (unpaired) electrons. The highest BCUT2D eigenvalue weighted by Crippen LogP contribution is 2.35. The van der Waals surface area contributed by atoms with Crippen LogP contribution in [-0.4, -0.2) is 9.55 Å². The first-order valence-corrected chi connectivity index (χ1v) is 4.37. The lowest BCUT2D eigenvalue weighted by molar-refractivity contribution is -0.143. The molecule has 12 heavy (non-hydrogen) atoms. The van der Waals surface area contributed by atoms with E-state index in [9.17, 15) is 13.2 Å². The molecule has 1 aromatic heterocycles. The van der Waals surface area contributed by atoms with Gasteiger partial charge in [0.05, 0.1) is 0 Å². The Labute approximate surface area is 83.0 Å². The summed E-state index contributed by atoms with van der Waals surface area (Å²) in [5, 5.41) is 0. The van der Waals surface area contributed by atoms with Crippen molar-refractivity contribution in [2.24, 2.45) is 7.05 Å². The summed E-state index contributed by atoms with van der Waals surface area (Å²) in [7, 11) is 1.28.